The van der Waals surface area contributed by atoms with Crippen LogP contribution in [0.25, 0.3) is 0 Å². The maximum atomic E-state index is 12.1. The van der Waals surface area contributed by atoms with Crippen molar-refractivity contribution in [3.05, 3.63) is 18.1 Å². The molecule has 0 unspecified atom stereocenters. The Morgan fingerprint density at radius 1 is 1.30 bits per heavy atom. The van der Waals surface area contributed by atoms with Crippen LogP contribution in [0.1, 0.15) is 39.4 Å². The standard InChI is InChI=1S/C17H26N4O2/c1-11-18-8-7-14(19-11)21-9-12-5-6-13(10-21)15(12)20-16(22)23-17(2,3)4/h7-8,12-13,15H,5-6,9-10H2,1-4H3,(H,20,22)/t12-,13+,15-. The number of carbonyl (C=O) groups is 1. The number of piperidine rings is 1. The van der Waals surface area contributed by atoms with Crippen molar-refractivity contribution in [1.29, 1.82) is 0 Å². The molecule has 1 aliphatic heterocycles. The van der Waals surface area contributed by atoms with Crippen LogP contribution in [0.4, 0.5) is 10.6 Å². The predicted molar refractivity (Wildman–Crippen MR) is 88.4 cm³/mol. The number of rotatable bonds is 2. The molecule has 1 N–H and O–H groups in total. The fraction of sp³-hybridized carbons (Fsp3) is 0.706. The number of hydrogen-bond donors (Lipinski definition) is 1. The van der Waals surface area contributed by atoms with Crippen LogP contribution in [0.5, 0.6) is 0 Å². The molecule has 2 bridgehead atoms. The fourth-order valence-electron chi connectivity index (χ4n) is 3.71. The van der Waals surface area contributed by atoms with E-state index >= 15 is 0 Å². The lowest BCUT2D eigenvalue weighted by molar-refractivity contribution is 0.0472. The van der Waals surface area contributed by atoms with Crippen molar-refractivity contribution < 1.29 is 9.53 Å². The Morgan fingerprint density at radius 3 is 2.52 bits per heavy atom. The summed E-state index contributed by atoms with van der Waals surface area (Å²) in [6.45, 7) is 9.43. The zero-order valence-electron chi connectivity index (χ0n) is 14.4. The van der Waals surface area contributed by atoms with Crippen molar-refractivity contribution in [3.8, 4) is 0 Å². The van der Waals surface area contributed by atoms with Crippen LogP contribution in [0.2, 0.25) is 0 Å². The molecule has 6 nitrogen and oxygen atoms in total. The van der Waals surface area contributed by atoms with E-state index in [1.54, 1.807) is 0 Å². The normalized spacial score (nSPS) is 27.0. The average Bonchev–Trinajstić information content (AvgIpc) is 2.68. The molecule has 1 aromatic rings. The van der Waals surface area contributed by atoms with E-state index < -0.39 is 5.60 Å². The van der Waals surface area contributed by atoms with Gasteiger partial charge in [0.05, 0.1) is 0 Å². The molecule has 1 saturated heterocycles. The number of carbonyl (C=O) groups excluding carboxylic acids is 1. The molecular formula is C17H26N4O2. The first-order valence-electron chi connectivity index (χ1n) is 8.36. The summed E-state index contributed by atoms with van der Waals surface area (Å²) < 4.78 is 5.41. The van der Waals surface area contributed by atoms with E-state index in [9.17, 15) is 4.79 Å². The van der Waals surface area contributed by atoms with Gasteiger partial charge in [-0.3, -0.25) is 0 Å². The molecular weight excluding hydrogens is 292 g/mol. The molecule has 3 rings (SSSR count). The Hall–Kier alpha value is -1.85. The largest absolute Gasteiger partial charge is 0.444 e. The summed E-state index contributed by atoms with van der Waals surface area (Å²) in [7, 11) is 0. The Balaban J connectivity index is 1.64. The molecule has 3 atom stereocenters. The molecule has 2 aliphatic rings. The second kappa shape index (κ2) is 5.98. The summed E-state index contributed by atoms with van der Waals surface area (Å²) in [6, 6.07) is 2.18. The van der Waals surface area contributed by atoms with Crippen LogP contribution < -0.4 is 10.2 Å². The van der Waals surface area contributed by atoms with Crippen LogP contribution in [0, 0.1) is 18.8 Å². The van der Waals surface area contributed by atoms with Crippen molar-refractivity contribution in [2.75, 3.05) is 18.0 Å². The van der Waals surface area contributed by atoms with Gasteiger partial charge in [-0.25, -0.2) is 14.8 Å². The third-order valence-corrected chi connectivity index (χ3v) is 4.60. The summed E-state index contributed by atoms with van der Waals surface area (Å²) >= 11 is 0. The van der Waals surface area contributed by atoms with Crippen molar-refractivity contribution in [2.24, 2.45) is 11.8 Å². The summed E-state index contributed by atoms with van der Waals surface area (Å²) in [5.74, 6) is 2.70. The van der Waals surface area contributed by atoms with E-state index in [0.717, 1.165) is 37.6 Å². The number of aromatic nitrogens is 2. The zero-order valence-corrected chi connectivity index (χ0v) is 14.4. The molecule has 1 saturated carbocycles. The number of aryl methyl sites for hydroxylation is 1. The number of anilines is 1. The summed E-state index contributed by atoms with van der Waals surface area (Å²) in [5, 5.41) is 3.10. The highest BCUT2D eigenvalue weighted by Gasteiger charge is 2.43. The van der Waals surface area contributed by atoms with Gasteiger partial charge >= 0.3 is 6.09 Å². The molecule has 2 heterocycles. The molecule has 0 spiro atoms. The Bertz CT molecular complexity index is 570. The monoisotopic (exact) mass is 318 g/mol. The quantitative estimate of drug-likeness (QED) is 0.907. The molecule has 1 aromatic heterocycles. The van der Waals surface area contributed by atoms with Gasteiger partial charge in [0.1, 0.15) is 17.2 Å². The first-order valence-corrected chi connectivity index (χ1v) is 8.36. The highest BCUT2D eigenvalue weighted by molar-refractivity contribution is 5.68. The SMILES string of the molecule is Cc1nccc(N2C[C@H]3CC[C@@H](C2)[C@@H]3NC(=O)OC(C)(C)C)n1. The summed E-state index contributed by atoms with van der Waals surface area (Å²) in [4.78, 5) is 23.1. The van der Waals surface area contributed by atoms with Gasteiger partial charge in [-0.2, -0.15) is 0 Å². The van der Waals surface area contributed by atoms with Crippen molar-refractivity contribution in [1.82, 2.24) is 15.3 Å². The molecule has 23 heavy (non-hydrogen) atoms. The summed E-state index contributed by atoms with van der Waals surface area (Å²) in [5.41, 5.74) is -0.456. The van der Waals surface area contributed by atoms with Gasteiger partial charge in [0, 0.05) is 25.3 Å². The summed E-state index contributed by atoms with van der Waals surface area (Å²) in [6.07, 6.45) is 3.80. The topological polar surface area (TPSA) is 67.4 Å². The zero-order chi connectivity index (χ0) is 16.6. The van der Waals surface area contributed by atoms with Crippen LogP contribution in [0.3, 0.4) is 0 Å². The number of amides is 1. The maximum Gasteiger partial charge on any atom is 0.407 e. The second-order valence-electron chi connectivity index (χ2n) is 7.64. The predicted octanol–water partition coefficient (Wildman–Crippen LogP) is 2.52. The van der Waals surface area contributed by atoms with Gasteiger partial charge in [-0.15, -0.1) is 0 Å². The van der Waals surface area contributed by atoms with E-state index in [1.807, 2.05) is 40.0 Å². The van der Waals surface area contributed by atoms with Gasteiger partial charge in [-0.05, 0) is 58.4 Å². The first kappa shape index (κ1) is 16.0. The number of nitrogens with one attached hydrogen (secondary N) is 1. The Kier molecular flexibility index (Phi) is 4.17. The minimum Gasteiger partial charge on any atom is -0.444 e. The van der Waals surface area contributed by atoms with Crippen LogP contribution in [-0.4, -0.2) is 40.8 Å². The van der Waals surface area contributed by atoms with E-state index in [2.05, 4.69) is 20.2 Å². The maximum absolute atomic E-state index is 12.1. The van der Waals surface area contributed by atoms with Crippen molar-refractivity contribution >= 4 is 11.9 Å². The second-order valence-corrected chi connectivity index (χ2v) is 7.64. The highest BCUT2D eigenvalue weighted by atomic mass is 16.6. The van der Waals surface area contributed by atoms with Crippen molar-refractivity contribution in [2.45, 2.75) is 52.2 Å². The molecule has 1 amide bonds. The van der Waals surface area contributed by atoms with Crippen LogP contribution in [-0.2, 0) is 4.74 Å². The third-order valence-electron chi connectivity index (χ3n) is 4.60. The molecule has 0 aromatic carbocycles. The van der Waals surface area contributed by atoms with Gasteiger partial charge in [0.25, 0.3) is 0 Å². The molecule has 126 valence electrons. The highest BCUT2D eigenvalue weighted by Crippen LogP contribution is 2.38. The Morgan fingerprint density at radius 2 is 1.96 bits per heavy atom. The first-order chi connectivity index (χ1) is 10.8. The molecule has 2 fully saturated rings. The lowest BCUT2D eigenvalue weighted by Gasteiger charge is -2.39. The van der Waals surface area contributed by atoms with E-state index in [4.69, 9.17) is 4.74 Å². The van der Waals surface area contributed by atoms with Gasteiger partial charge in [-0.1, -0.05) is 0 Å². The van der Waals surface area contributed by atoms with Gasteiger partial charge in [0.15, 0.2) is 0 Å². The molecule has 1 aliphatic carbocycles. The van der Waals surface area contributed by atoms with Crippen LogP contribution in [0.15, 0.2) is 12.3 Å². The number of alkyl carbamates (subject to hydrolysis) is 1. The van der Waals surface area contributed by atoms with E-state index in [0.29, 0.717) is 11.8 Å². The smallest absolute Gasteiger partial charge is 0.407 e. The molecule has 6 heteroatoms. The fourth-order valence-corrected chi connectivity index (χ4v) is 3.71. The van der Waals surface area contributed by atoms with E-state index in [1.165, 1.54) is 0 Å². The lowest BCUT2D eigenvalue weighted by atomic mass is 9.92. The van der Waals surface area contributed by atoms with Crippen LogP contribution >= 0.6 is 0 Å². The number of ether oxygens (including phenoxy) is 1. The third kappa shape index (κ3) is 3.74. The lowest BCUT2D eigenvalue weighted by Crippen LogP contribution is -2.53. The number of nitrogens with zero attached hydrogens (tertiary/aromatic N) is 3. The average molecular weight is 318 g/mol. The minimum absolute atomic E-state index is 0.212. The number of fused-ring (bicyclic) bond motifs is 2. The molecule has 0 radical (unpaired) electrons. The van der Waals surface area contributed by atoms with Gasteiger partial charge in [0.2, 0.25) is 0 Å². The van der Waals surface area contributed by atoms with E-state index in [-0.39, 0.29) is 12.1 Å². The number of hydrogen-bond acceptors (Lipinski definition) is 5. The minimum atomic E-state index is -0.456. The van der Waals surface area contributed by atoms with Crippen molar-refractivity contribution in [3.63, 3.8) is 0 Å². The Labute approximate surface area is 137 Å². The van der Waals surface area contributed by atoms with Gasteiger partial charge < -0.3 is 15.0 Å².